The average Bonchev–Trinajstić information content (AvgIpc) is 3.24. The van der Waals surface area contributed by atoms with E-state index in [1.165, 1.54) is 0 Å². The number of carboxylic acids is 1. The van der Waals surface area contributed by atoms with Crippen LogP contribution in [0, 0.1) is 16.7 Å². The monoisotopic (exact) mass is 279 g/mol. The summed E-state index contributed by atoms with van der Waals surface area (Å²) in [7, 11) is 0. The van der Waals surface area contributed by atoms with E-state index in [-0.39, 0.29) is 12.1 Å². The molecule has 0 aromatic heterocycles. The molecule has 6 heteroatoms. The van der Waals surface area contributed by atoms with Crippen LogP contribution in [0.1, 0.15) is 39.0 Å². The number of urea groups is 1. The molecule has 0 bridgehead atoms. The van der Waals surface area contributed by atoms with Gasteiger partial charge in [-0.1, -0.05) is 0 Å². The summed E-state index contributed by atoms with van der Waals surface area (Å²) < 4.78 is 0. The van der Waals surface area contributed by atoms with E-state index >= 15 is 0 Å². The van der Waals surface area contributed by atoms with E-state index in [1.54, 1.807) is 16.7 Å². The maximum Gasteiger partial charge on any atom is 0.320 e. The number of nitriles is 1. The van der Waals surface area contributed by atoms with Gasteiger partial charge in [-0.05, 0) is 32.6 Å². The summed E-state index contributed by atoms with van der Waals surface area (Å²) in [6.45, 7) is 3.19. The molecule has 1 heterocycles. The molecule has 20 heavy (non-hydrogen) atoms. The number of nitrogens with zero attached hydrogens (tertiary/aromatic N) is 3. The molecular formula is C14H21N3O3. The molecule has 2 amide bonds. The van der Waals surface area contributed by atoms with Gasteiger partial charge in [0.05, 0.1) is 17.9 Å². The van der Waals surface area contributed by atoms with Gasteiger partial charge in [-0.3, -0.25) is 4.79 Å². The van der Waals surface area contributed by atoms with Crippen LogP contribution in [-0.2, 0) is 4.79 Å². The van der Waals surface area contributed by atoms with Crippen LogP contribution in [0.5, 0.6) is 0 Å². The van der Waals surface area contributed by atoms with Crippen molar-refractivity contribution in [2.45, 2.75) is 45.1 Å². The molecule has 0 radical (unpaired) electrons. The lowest BCUT2D eigenvalue weighted by Crippen LogP contribution is -2.50. The summed E-state index contributed by atoms with van der Waals surface area (Å²) in [5.74, 6) is -0.784. The molecule has 0 atom stereocenters. The highest BCUT2D eigenvalue weighted by atomic mass is 16.4. The maximum absolute atomic E-state index is 12.5. The van der Waals surface area contributed by atoms with Gasteiger partial charge >= 0.3 is 12.0 Å². The van der Waals surface area contributed by atoms with Gasteiger partial charge in [-0.2, -0.15) is 5.26 Å². The largest absolute Gasteiger partial charge is 0.481 e. The molecule has 1 aliphatic heterocycles. The molecule has 2 rings (SSSR count). The number of carbonyl (C=O) groups is 2. The Balaban J connectivity index is 1.93. The van der Waals surface area contributed by atoms with Crippen LogP contribution < -0.4 is 0 Å². The Morgan fingerprint density at radius 2 is 2.00 bits per heavy atom. The second-order valence-electron chi connectivity index (χ2n) is 5.97. The van der Waals surface area contributed by atoms with Gasteiger partial charge < -0.3 is 14.9 Å². The molecule has 0 spiro atoms. The van der Waals surface area contributed by atoms with Crippen LogP contribution in [0.4, 0.5) is 4.79 Å². The standard InChI is InChI=1S/C14H21N3O3/c1-14(12(18)19)5-9-16(10-6-14)13(20)17(8-2-7-15)11-3-4-11/h11H,2-6,8-10H2,1H3,(H,18,19). The number of carbonyl (C=O) groups excluding carboxylic acids is 1. The number of carboxylic acid groups (broad SMARTS) is 1. The molecule has 2 aliphatic rings. The third-order valence-electron chi connectivity index (χ3n) is 4.35. The Kier molecular flexibility index (Phi) is 4.17. The number of piperidine rings is 1. The highest BCUT2D eigenvalue weighted by molar-refractivity contribution is 5.77. The highest BCUT2D eigenvalue weighted by Crippen LogP contribution is 2.33. The third kappa shape index (κ3) is 3.03. The second-order valence-corrected chi connectivity index (χ2v) is 5.97. The highest BCUT2D eigenvalue weighted by Gasteiger charge is 2.40. The first-order valence-electron chi connectivity index (χ1n) is 7.14. The Labute approximate surface area is 119 Å². The van der Waals surface area contributed by atoms with Gasteiger partial charge in [0, 0.05) is 25.7 Å². The smallest absolute Gasteiger partial charge is 0.320 e. The maximum atomic E-state index is 12.5. The first-order chi connectivity index (χ1) is 9.48. The van der Waals surface area contributed by atoms with Crippen molar-refractivity contribution in [2.75, 3.05) is 19.6 Å². The van der Waals surface area contributed by atoms with E-state index in [1.807, 2.05) is 0 Å². The molecule has 1 aliphatic carbocycles. The molecular weight excluding hydrogens is 258 g/mol. The molecule has 1 N–H and O–H groups in total. The lowest BCUT2D eigenvalue weighted by Gasteiger charge is -2.38. The average molecular weight is 279 g/mol. The Bertz CT molecular complexity index is 431. The zero-order chi connectivity index (χ0) is 14.8. The summed E-state index contributed by atoms with van der Waals surface area (Å²) >= 11 is 0. The summed E-state index contributed by atoms with van der Waals surface area (Å²) in [5.41, 5.74) is -0.714. The molecule has 6 nitrogen and oxygen atoms in total. The van der Waals surface area contributed by atoms with Crippen LogP contribution in [0.3, 0.4) is 0 Å². The third-order valence-corrected chi connectivity index (χ3v) is 4.35. The number of rotatable bonds is 4. The van der Waals surface area contributed by atoms with Crippen LogP contribution in [0.25, 0.3) is 0 Å². The zero-order valence-electron chi connectivity index (χ0n) is 11.8. The topological polar surface area (TPSA) is 84.6 Å². The van der Waals surface area contributed by atoms with Gasteiger partial charge in [-0.25, -0.2) is 4.79 Å². The van der Waals surface area contributed by atoms with Crippen LogP contribution in [0.2, 0.25) is 0 Å². The Morgan fingerprint density at radius 3 is 2.45 bits per heavy atom. The Hall–Kier alpha value is -1.77. The van der Waals surface area contributed by atoms with Crippen molar-refractivity contribution in [1.82, 2.24) is 9.80 Å². The number of hydrogen-bond acceptors (Lipinski definition) is 3. The molecule has 2 fully saturated rings. The minimum absolute atomic E-state index is 0.0322. The summed E-state index contributed by atoms with van der Waals surface area (Å²) in [6.07, 6.45) is 3.36. The normalized spacial score (nSPS) is 21.1. The van der Waals surface area contributed by atoms with Crippen molar-refractivity contribution in [2.24, 2.45) is 5.41 Å². The summed E-state index contributed by atoms with van der Waals surface area (Å²) in [6, 6.07) is 2.33. The van der Waals surface area contributed by atoms with Crippen molar-refractivity contribution < 1.29 is 14.7 Å². The van der Waals surface area contributed by atoms with Crippen LogP contribution in [0.15, 0.2) is 0 Å². The predicted octanol–water partition coefficient (Wildman–Crippen LogP) is 1.67. The SMILES string of the molecule is CC1(C(=O)O)CCN(C(=O)N(CCC#N)C2CC2)CC1. The van der Waals surface area contributed by atoms with Gasteiger partial charge in [0.2, 0.25) is 0 Å². The van der Waals surface area contributed by atoms with Crippen LogP contribution >= 0.6 is 0 Å². The van der Waals surface area contributed by atoms with Gasteiger partial charge in [0.25, 0.3) is 0 Å². The molecule has 0 aromatic carbocycles. The zero-order valence-corrected chi connectivity index (χ0v) is 11.8. The summed E-state index contributed by atoms with van der Waals surface area (Å²) in [5, 5.41) is 17.9. The minimum Gasteiger partial charge on any atom is -0.481 e. The van der Waals surface area contributed by atoms with E-state index in [4.69, 9.17) is 5.26 Å². The quantitative estimate of drug-likeness (QED) is 0.848. The van der Waals surface area contributed by atoms with Gasteiger partial charge in [0.1, 0.15) is 0 Å². The fourth-order valence-electron chi connectivity index (χ4n) is 2.58. The van der Waals surface area contributed by atoms with Crippen molar-refractivity contribution in [3.63, 3.8) is 0 Å². The van der Waals surface area contributed by atoms with Crippen molar-refractivity contribution in [3.05, 3.63) is 0 Å². The lowest BCUT2D eigenvalue weighted by atomic mass is 9.80. The van der Waals surface area contributed by atoms with Crippen LogP contribution in [-0.4, -0.2) is 52.6 Å². The fraction of sp³-hybridized carbons (Fsp3) is 0.786. The van der Waals surface area contributed by atoms with E-state index < -0.39 is 11.4 Å². The molecule has 1 saturated carbocycles. The number of amides is 2. The first-order valence-corrected chi connectivity index (χ1v) is 7.14. The van der Waals surface area contributed by atoms with E-state index in [0.29, 0.717) is 38.9 Å². The number of likely N-dealkylation sites (tertiary alicyclic amines) is 1. The fourth-order valence-corrected chi connectivity index (χ4v) is 2.58. The molecule has 110 valence electrons. The number of aliphatic carboxylic acids is 1. The van der Waals surface area contributed by atoms with Gasteiger partial charge in [-0.15, -0.1) is 0 Å². The van der Waals surface area contributed by atoms with E-state index in [2.05, 4.69) is 6.07 Å². The van der Waals surface area contributed by atoms with E-state index in [9.17, 15) is 14.7 Å². The second kappa shape index (κ2) is 5.70. The van der Waals surface area contributed by atoms with Gasteiger partial charge in [0.15, 0.2) is 0 Å². The van der Waals surface area contributed by atoms with E-state index in [0.717, 1.165) is 12.8 Å². The molecule has 0 aromatic rings. The minimum atomic E-state index is -0.784. The molecule has 1 saturated heterocycles. The first kappa shape index (κ1) is 14.6. The lowest BCUT2D eigenvalue weighted by molar-refractivity contribution is -0.150. The summed E-state index contributed by atoms with van der Waals surface area (Å²) in [4.78, 5) is 27.2. The predicted molar refractivity (Wildman–Crippen MR) is 71.9 cm³/mol. The number of hydrogen-bond donors (Lipinski definition) is 1. The molecule has 0 unspecified atom stereocenters. The Morgan fingerprint density at radius 1 is 1.40 bits per heavy atom. The van der Waals surface area contributed by atoms with Crippen molar-refractivity contribution in [1.29, 1.82) is 5.26 Å². The van der Waals surface area contributed by atoms with Crippen molar-refractivity contribution in [3.8, 4) is 6.07 Å². The van der Waals surface area contributed by atoms with Crippen molar-refractivity contribution >= 4 is 12.0 Å².